The highest BCUT2D eigenvalue weighted by Gasteiger charge is 2.32. The van der Waals surface area contributed by atoms with Crippen LogP contribution in [0.3, 0.4) is 0 Å². The first kappa shape index (κ1) is 11.0. The highest BCUT2D eigenvalue weighted by atomic mass is 16.3. The van der Waals surface area contributed by atoms with Crippen LogP contribution in [0.25, 0.3) is 0 Å². The molecular formula is C9H15N2O3. The van der Waals surface area contributed by atoms with E-state index in [2.05, 4.69) is 0 Å². The van der Waals surface area contributed by atoms with Gasteiger partial charge in [-0.3, -0.25) is 9.59 Å². The molecule has 0 saturated carbocycles. The van der Waals surface area contributed by atoms with E-state index >= 15 is 0 Å². The molecule has 1 aliphatic rings. The van der Waals surface area contributed by atoms with Gasteiger partial charge < -0.3 is 15.7 Å². The molecule has 1 fully saturated rings. The van der Waals surface area contributed by atoms with Crippen molar-refractivity contribution in [3.05, 3.63) is 6.42 Å². The summed E-state index contributed by atoms with van der Waals surface area (Å²) in [7, 11) is 0. The van der Waals surface area contributed by atoms with Gasteiger partial charge in [0, 0.05) is 6.54 Å². The van der Waals surface area contributed by atoms with Crippen LogP contribution < -0.4 is 5.73 Å². The topological polar surface area (TPSA) is 83.6 Å². The van der Waals surface area contributed by atoms with Crippen LogP contribution in [0.2, 0.25) is 0 Å². The van der Waals surface area contributed by atoms with Crippen LogP contribution in [0.4, 0.5) is 0 Å². The van der Waals surface area contributed by atoms with E-state index in [0.717, 1.165) is 12.8 Å². The van der Waals surface area contributed by atoms with Crippen molar-refractivity contribution in [3.8, 4) is 0 Å². The summed E-state index contributed by atoms with van der Waals surface area (Å²) in [6.45, 7) is 1.86. The predicted molar refractivity (Wildman–Crippen MR) is 49.9 cm³/mol. The second-order valence-corrected chi connectivity index (χ2v) is 3.43. The molecule has 5 heteroatoms. The van der Waals surface area contributed by atoms with Crippen molar-refractivity contribution in [2.24, 2.45) is 5.73 Å². The summed E-state index contributed by atoms with van der Waals surface area (Å²) < 4.78 is 0. The fourth-order valence-electron chi connectivity index (χ4n) is 1.56. The third-order valence-corrected chi connectivity index (χ3v) is 2.26. The quantitative estimate of drug-likeness (QED) is 0.601. The smallest absolute Gasteiger partial charge is 0.251 e. The van der Waals surface area contributed by atoms with Crippen LogP contribution in [-0.2, 0) is 9.59 Å². The molecule has 5 nitrogen and oxygen atoms in total. The lowest BCUT2D eigenvalue weighted by Crippen LogP contribution is -2.53. The second kappa shape index (κ2) is 4.41. The summed E-state index contributed by atoms with van der Waals surface area (Å²) >= 11 is 0. The molecule has 1 rings (SSSR count). The van der Waals surface area contributed by atoms with Crippen molar-refractivity contribution in [1.29, 1.82) is 0 Å². The van der Waals surface area contributed by atoms with Gasteiger partial charge in [0.15, 0.2) is 0 Å². The van der Waals surface area contributed by atoms with Gasteiger partial charge in [-0.2, -0.15) is 0 Å². The first-order valence-corrected chi connectivity index (χ1v) is 4.65. The highest BCUT2D eigenvalue weighted by molar-refractivity contribution is 5.89. The van der Waals surface area contributed by atoms with E-state index in [1.807, 2.05) is 0 Å². The lowest BCUT2D eigenvalue weighted by Gasteiger charge is -2.34. The molecule has 79 valence electrons. The Kier molecular flexibility index (Phi) is 3.46. The molecule has 0 aromatic carbocycles. The van der Waals surface area contributed by atoms with Crippen LogP contribution in [0, 0.1) is 6.42 Å². The minimum absolute atomic E-state index is 0.440. The van der Waals surface area contributed by atoms with E-state index in [1.54, 1.807) is 6.42 Å². The fourth-order valence-corrected chi connectivity index (χ4v) is 1.56. The summed E-state index contributed by atoms with van der Waals surface area (Å²) in [6, 6.07) is -0.661. The zero-order valence-electron chi connectivity index (χ0n) is 8.14. The molecule has 1 heterocycles. The van der Waals surface area contributed by atoms with Gasteiger partial charge in [0.1, 0.15) is 12.1 Å². The number of nitrogens with zero attached hydrogens (tertiary/aromatic N) is 1. The van der Waals surface area contributed by atoms with Crippen molar-refractivity contribution < 1.29 is 14.7 Å². The molecule has 0 unspecified atom stereocenters. The van der Waals surface area contributed by atoms with E-state index in [1.165, 1.54) is 11.8 Å². The van der Waals surface area contributed by atoms with Crippen LogP contribution >= 0.6 is 0 Å². The Balaban J connectivity index is 2.72. The Morgan fingerprint density at radius 3 is 2.79 bits per heavy atom. The van der Waals surface area contributed by atoms with Gasteiger partial charge in [0.05, 0.1) is 0 Å². The first-order valence-electron chi connectivity index (χ1n) is 4.65. The minimum atomic E-state index is -1.08. The minimum Gasteiger partial charge on any atom is -0.384 e. The molecule has 14 heavy (non-hydrogen) atoms. The van der Waals surface area contributed by atoms with E-state index < -0.39 is 24.0 Å². The van der Waals surface area contributed by atoms with Crippen molar-refractivity contribution >= 4 is 11.8 Å². The Labute approximate surface area is 82.9 Å². The number of aliphatic hydroxyl groups is 1. The number of carbonyl (C=O) groups excluding carboxylic acids is 2. The van der Waals surface area contributed by atoms with Crippen LogP contribution in [0.5, 0.6) is 0 Å². The summed E-state index contributed by atoms with van der Waals surface area (Å²) in [5.41, 5.74) is 5.15. The van der Waals surface area contributed by atoms with Gasteiger partial charge in [0.2, 0.25) is 5.91 Å². The Hall–Kier alpha value is -1.10. The van der Waals surface area contributed by atoms with Gasteiger partial charge in [-0.05, 0) is 26.2 Å². The van der Waals surface area contributed by atoms with Crippen LogP contribution in [0.15, 0.2) is 0 Å². The summed E-state index contributed by atoms with van der Waals surface area (Å²) in [5.74, 6) is -0.983. The molecule has 2 atom stereocenters. The third-order valence-electron chi connectivity index (χ3n) is 2.26. The van der Waals surface area contributed by atoms with E-state index in [9.17, 15) is 9.59 Å². The van der Waals surface area contributed by atoms with Gasteiger partial charge in [-0.25, -0.2) is 0 Å². The third kappa shape index (κ3) is 2.23. The number of piperidine rings is 1. The fraction of sp³-hybridized carbons (Fsp3) is 0.667. The van der Waals surface area contributed by atoms with Crippen molar-refractivity contribution in [1.82, 2.24) is 4.90 Å². The number of rotatable bonds is 2. The monoisotopic (exact) mass is 199 g/mol. The zero-order valence-corrected chi connectivity index (χ0v) is 8.14. The Morgan fingerprint density at radius 1 is 1.64 bits per heavy atom. The van der Waals surface area contributed by atoms with Gasteiger partial charge in [-0.15, -0.1) is 0 Å². The summed E-state index contributed by atoms with van der Waals surface area (Å²) in [4.78, 5) is 23.8. The number of hydrogen-bond acceptors (Lipinski definition) is 3. The number of likely N-dealkylation sites (tertiary alicyclic amines) is 1. The highest BCUT2D eigenvalue weighted by Crippen LogP contribution is 2.16. The van der Waals surface area contributed by atoms with Gasteiger partial charge in [-0.1, -0.05) is 0 Å². The normalized spacial score (nSPS) is 24.4. The average molecular weight is 199 g/mol. The number of nitrogens with two attached hydrogens (primary N) is 1. The molecule has 1 aliphatic heterocycles. The number of hydrogen-bond donors (Lipinski definition) is 2. The SMILES string of the molecule is C[C@H](O)C(=O)N1CCC[CH][C@H]1C(N)=O. The number of amides is 2. The van der Waals surface area contributed by atoms with Crippen molar-refractivity contribution in [2.45, 2.75) is 31.9 Å². The molecule has 3 N–H and O–H groups in total. The number of carbonyl (C=O) groups is 2. The number of aliphatic hydroxyl groups excluding tert-OH is 1. The summed E-state index contributed by atoms with van der Waals surface area (Å²) in [6.07, 6.45) is 2.22. The first-order chi connectivity index (χ1) is 6.54. The van der Waals surface area contributed by atoms with Gasteiger partial charge in [0.25, 0.3) is 5.91 Å². The molecule has 0 aromatic rings. The predicted octanol–water partition coefficient (Wildman–Crippen LogP) is -0.952. The average Bonchev–Trinajstić information content (AvgIpc) is 2.16. The second-order valence-electron chi connectivity index (χ2n) is 3.43. The lowest BCUT2D eigenvalue weighted by atomic mass is 10.0. The largest absolute Gasteiger partial charge is 0.384 e. The maximum absolute atomic E-state index is 11.5. The van der Waals surface area contributed by atoms with Crippen molar-refractivity contribution in [2.75, 3.05) is 6.54 Å². The molecule has 2 amide bonds. The summed E-state index contributed by atoms with van der Waals surface area (Å²) in [5, 5.41) is 9.12. The molecule has 0 aromatic heterocycles. The zero-order chi connectivity index (χ0) is 10.7. The standard InChI is InChI=1S/C9H15N2O3/c1-6(12)9(14)11-5-3-2-4-7(11)8(10)13/h4,6-7,12H,2-3,5H2,1H3,(H2,10,13)/t6-,7-/m0/s1. The maximum atomic E-state index is 11.5. The number of primary amides is 1. The van der Waals surface area contributed by atoms with E-state index in [4.69, 9.17) is 10.8 Å². The molecule has 1 saturated heterocycles. The molecule has 1 radical (unpaired) electrons. The Bertz CT molecular complexity index is 240. The maximum Gasteiger partial charge on any atom is 0.251 e. The molecule has 0 bridgehead atoms. The Morgan fingerprint density at radius 2 is 2.29 bits per heavy atom. The van der Waals surface area contributed by atoms with Gasteiger partial charge >= 0.3 is 0 Å². The lowest BCUT2D eigenvalue weighted by molar-refractivity contribution is -0.145. The van der Waals surface area contributed by atoms with E-state index in [0.29, 0.717) is 6.54 Å². The van der Waals surface area contributed by atoms with Crippen LogP contribution in [0.1, 0.15) is 19.8 Å². The molecular weight excluding hydrogens is 184 g/mol. The van der Waals surface area contributed by atoms with E-state index in [-0.39, 0.29) is 0 Å². The molecule has 0 spiro atoms. The molecule has 0 aliphatic carbocycles. The van der Waals surface area contributed by atoms with Crippen molar-refractivity contribution in [3.63, 3.8) is 0 Å². The van der Waals surface area contributed by atoms with Crippen LogP contribution in [-0.4, -0.2) is 40.5 Å².